The number of fused-ring (bicyclic) bond motifs is 1. The number of nitrogens with one attached hydrogen (secondary N) is 1. The number of benzene rings is 2. The van der Waals surface area contributed by atoms with Gasteiger partial charge in [0.05, 0.1) is 12.8 Å². The van der Waals surface area contributed by atoms with Gasteiger partial charge in [-0.25, -0.2) is 0 Å². The van der Waals surface area contributed by atoms with Crippen LogP contribution in [0, 0.1) is 0 Å². The summed E-state index contributed by atoms with van der Waals surface area (Å²) in [5.41, 5.74) is 4.40. The molecule has 0 aromatic heterocycles. The lowest BCUT2D eigenvalue weighted by Crippen LogP contribution is -2.17. The number of carbonyl (C=O) groups excluding carboxylic acids is 1. The summed E-state index contributed by atoms with van der Waals surface area (Å²) < 4.78 is 5.37. The molecule has 1 N–H and O–H groups in total. The van der Waals surface area contributed by atoms with Crippen LogP contribution in [-0.2, 0) is 22.5 Å². The molecular weight excluding hydrogens is 316 g/mol. The minimum Gasteiger partial charge on any atom is -0.494 e. The fourth-order valence-corrected chi connectivity index (χ4v) is 2.86. The first-order chi connectivity index (χ1) is 12.2. The van der Waals surface area contributed by atoms with Crippen LogP contribution in [0.1, 0.15) is 30.0 Å². The molecule has 25 heavy (non-hydrogen) atoms. The van der Waals surface area contributed by atoms with Crippen molar-refractivity contribution in [1.29, 1.82) is 0 Å². The molecule has 1 aliphatic carbocycles. The maximum absolute atomic E-state index is 11.9. The van der Waals surface area contributed by atoms with E-state index in [0.717, 1.165) is 29.8 Å². The quantitative estimate of drug-likeness (QED) is 0.620. The van der Waals surface area contributed by atoms with Gasteiger partial charge in [0, 0.05) is 5.69 Å². The Labute approximate surface area is 147 Å². The molecular formula is C20H22N2O3. The molecule has 1 amide bonds. The van der Waals surface area contributed by atoms with Crippen LogP contribution in [0.15, 0.2) is 47.6 Å². The maximum Gasteiger partial charge on any atom is 0.265 e. The molecule has 0 aliphatic heterocycles. The molecule has 5 nitrogen and oxygen atoms in total. The van der Waals surface area contributed by atoms with Gasteiger partial charge >= 0.3 is 0 Å². The Morgan fingerprint density at radius 1 is 1.16 bits per heavy atom. The minimum absolute atomic E-state index is 0.120. The summed E-state index contributed by atoms with van der Waals surface area (Å²) >= 11 is 0. The second-order valence-corrected chi connectivity index (χ2v) is 5.90. The molecule has 2 aromatic rings. The van der Waals surface area contributed by atoms with E-state index in [2.05, 4.69) is 16.5 Å². The van der Waals surface area contributed by atoms with Gasteiger partial charge in [-0.15, -0.1) is 0 Å². The molecule has 0 bridgehead atoms. The fraction of sp³-hybridized carbons (Fsp3) is 0.300. The lowest BCUT2D eigenvalue weighted by Gasteiger charge is -2.06. The van der Waals surface area contributed by atoms with Crippen molar-refractivity contribution in [3.05, 3.63) is 59.2 Å². The van der Waals surface area contributed by atoms with Crippen molar-refractivity contribution in [3.8, 4) is 5.75 Å². The predicted octanol–water partition coefficient (Wildman–Crippen LogP) is 3.56. The van der Waals surface area contributed by atoms with Gasteiger partial charge in [0.2, 0.25) is 0 Å². The van der Waals surface area contributed by atoms with E-state index in [1.54, 1.807) is 6.21 Å². The van der Waals surface area contributed by atoms with Gasteiger partial charge in [-0.05, 0) is 79.3 Å². The van der Waals surface area contributed by atoms with Gasteiger partial charge in [-0.1, -0.05) is 11.2 Å². The number of aryl methyl sites for hydroxylation is 2. The van der Waals surface area contributed by atoms with E-state index in [9.17, 15) is 4.79 Å². The van der Waals surface area contributed by atoms with Crippen molar-refractivity contribution in [2.75, 3.05) is 18.5 Å². The zero-order valence-electron chi connectivity index (χ0n) is 14.3. The van der Waals surface area contributed by atoms with Gasteiger partial charge in [0.25, 0.3) is 5.91 Å². The van der Waals surface area contributed by atoms with Gasteiger partial charge in [0.15, 0.2) is 6.61 Å². The SMILES string of the molecule is CCOc1ccc(/C=N/OCC(=O)Nc2ccc3c(c2)CCC3)cc1. The smallest absolute Gasteiger partial charge is 0.265 e. The molecule has 0 fully saturated rings. The van der Waals surface area contributed by atoms with Gasteiger partial charge in [-0.2, -0.15) is 0 Å². The number of ether oxygens (including phenoxy) is 1. The molecule has 3 rings (SSSR count). The minimum atomic E-state index is -0.221. The summed E-state index contributed by atoms with van der Waals surface area (Å²) in [6, 6.07) is 13.6. The molecule has 0 saturated carbocycles. The highest BCUT2D eigenvalue weighted by Gasteiger charge is 2.11. The van der Waals surface area contributed by atoms with Crippen LogP contribution in [0.4, 0.5) is 5.69 Å². The van der Waals surface area contributed by atoms with Crippen LogP contribution >= 0.6 is 0 Å². The van der Waals surface area contributed by atoms with Crippen molar-refractivity contribution in [2.45, 2.75) is 26.2 Å². The average Bonchev–Trinajstić information content (AvgIpc) is 3.08. The van der Waals surface area contributed by atoms with E-state index in [0.29, 0.717) is 6.61 Å². The molecule has 2 aromatic carbocycles. The first kappa shape index (κ1) is 17.0. The van der Waals surface area contributed by atoms with Gasteiger partial charge in [-0.3, -0.25) is 4.79 Å². The van der Waals surface area contributed by atoms with Gasteiger partial charge < -0.3 is 14.9 Å². The summed E-state index contributed by atoms with van der Waals surface area (Å²) in [6.07, 6.45) is 4.98. The summed E-state index contributed by atoms with van der Waals surface area (Å²) in [7, 11) is 0. The monoisotopic (exact) mass is 338 g/mol. The molecule has 1 aliphatic rings. The first-order valence-electron chi connectivity index (χ1n) is 8.54. The standard InChI is InChI=1S/C20H22N2O3/c1-2-24-19-10-6-15(7-11-19)13-21-25-14-20(23)22-18-9-8-16-4-3-5-17(16)12-18/h6-13H,2-5,14H2,1H3,(H,22,23)/b21-13+. The Bertz CT molecular complexity index is 754. The van der Waals surface area contributed by atoms with Crippen molar-refractivity contribution >= 4 is 17.8 Å². The van der Waals surface area contributed by atoms with E-state index >= 15 is 0 Å². The van der Waals surface area contributed by atoms with Crippen LogP contribution in [0.5, 0.6) is 5.75 Å². The highest BCUT2D eigenvalue weighted by Crippen LogP contribution is 2.24. The Hall–Kier alpha value is -2.82. The van der Waals surface area contributed by atoms with Crippen molar-refractivity contribution in [2.24, 2.45) is 5.16 Å². The Kier molecular flexibility index (Phi) is 5.67. The second-order valence-electron chi connectivity index (χ2n) is 5.90. The third kappa shape index (κ3) is 4.83. The molecule has 5 heteroatoms. The average molecular weight is 338 g/mol. The molecule has 0 unspecified atom stereocenters. The van der Waals surface area contributed by atoms with E-state index in [1.807, 2.05) is 43.3 Å². The number of nitrogens with zero attached hydrogens (tertiary/aromatic N) is 1. The number of carbonyl (C=O) groups is 1. The van der Waals surface area contributed by atoms with Crippen LogP contribution in [0.3, 0.4) is 0 Å². The number of oxime groups is 1. The van der Waals surface area contributed by atoms with Crippen LogP contribution in [0.25, 0.3) is 0 Å². The lowest BCUT2D eigenvalue weighted by atomic mass is 10.1. The maximum atomic E-state index is 11.9. The van der Waals surface area contributed by atoms with Crippen LogP contribution < -0.4 is 10.1 Å². The van der Waals surface area contributed by atoms with Crippen LogP contribution in [0.2, 0.25) is 0 Å². The molecule has 0 radical (unpaired) electrons. The topological polar surface area (TPSA) is 59.9 Å². The largest absolute Gasteiger partial charge is 0.494 e. The molecule has 0 saturated heterocycles. The van der Waals surface area contributed by atoms with E-state index < -0.39 is 0 Å². The van der Waals surface area contributed by atoms with Crippen molar-refractivity contribution < 1.29 is 14.4 Å². The Balaban J connectivity index is 1.44. The summed E-state index contributed by atoms with van der Waals surface area (Å²) in [6.45, 7) is 2.46. The number of hydrogen-bond acceptors (Lipinski definition) is 4. The molecule has 0 atom stereocenters. The number of rotatable bonds is 7. The zero-order valence-corrected chi connectivity index (χ0v) is 14.3. The predicted molar refractivity (Wildman–Crippen MR) is 98.3 cm³/mol. The fourth-order valence-electron chi connectivity index (χ4n) is 2.86. The molecule has 130 valence electrons. The first-order valence-corrected chi connectivity index (χ1v) is 8.54. The molecule has 0 heterocycles. The van der Waals surface area contributed by atoms with E-state index in [4.69, 9.17) is 9.57 Å². The summed E-state index contributed by atoms with van der Waals surface area (Å²) in [5, 5.41) is 6.67. The third-order valence-electron chi connectivity index (χ3n) is 4.05. The second kappa shape index (κ2) is 8.33. The highest BCUT2D eigenvalue weighted by atomic mass is 16.6. The zero-order chi connectivity index (χ0) is 17.5. The van der Waals surface area contributed by atoms with E-state index in [-0.39, 0.29) is 12.5 Å². The van der Waals surface area contributed by atoms with E-state index in [1.165, 1.54) is 17.5 Å². The normalized spacial score (nSPS) is 12.8. The summed E-state index contributed by atoms with van der Waals surface area (Å²) in [4.78, 5) is 17.0. The van der Waals surface area contributed by atoms with Crippen LogP contribution in [-0.4, -0.2) is 25.3 Å². The highest BCUT2D eigenvalue weighted by molar-refractivity contribution is 5.91. The number of anilines is 1. The lowest BCUT2D eigenvalue weighted by molar-refractivity contribution is -0.120. The number of hydrogen-bond donors (Lipinski definition) is 1. The Morgan fingerprint density at radius 2 is 1.96 bits per heavy atom. The van der Waals surface area contributed by atoms with Crippen molar-refractivity contribution in [1.82, 2.24) is 0 Å². The number of amides is 1. The Morgan fingerprint density at radius 3 is 2.76 bits per heavy atom. The van der Waals surface area contributed by atoms with Gasteiger partial charge in [0.1, 0.15) is 5.75 Å². The van der Waals surface area contributed by atoms with Crippen molar-refractivity contribution in [3.63, 3.8) is 0 Å². The third-order valence-corrected chi connectivity index (χ3v) is 4.05. The summed E-state index contributed by atoms with van der Waals surface area (Å²) in [5.74, 6) is 0.594. The molecule has 0 spiro atoms.